The van der Waals surface area contributed by atoms with E-state index in [1.54, 1.807) is 12.5 Å². The third-order valence-electron chi connectivity index (χ3n) is 3.46. The Hall–Kier alpha value is -2.63. The fourth-order valence-electron chi connectivity index (χ4n) is 2.39. The first-order chi connectivity index (χ1) is 10.4. The Labute approximate surface area is 121 Å². The summed E-state index contributed by atoms with van der Waals surface area (Å²) in [6, 6.07) is 5.94. The summed E-state index contributed by atoms with van der Waals surface area (Å²) in [6.07, 6.45) is 4.18. The van der Waals surface area contributed by atoms with Gasteiger partial charge in [-0.15, -0.1) is 0 Å². The molecule has 0 unspecified atom stereocenters. The summed E-state index contributed by atoms with van der Waals surface area (Å²) in [5, 5.41) is 0. The largest absolute Gasteiger partial charge is 0.486 e. The molecule has 0 fully saturated rings. The van der Waals surface area contributed by atoms with Crippen LogP contribution in [0.15, 0.2) is 34.5 Å². The lowest BCUT2D eigenvalue weighted by Gasteiger charge is -2.18. The van der Waals surface area contributed by atoms with Crippen LogP contribution >= 0.6 is 0 Å². The molecular formula is C15H14N4O2. The third kappa shape index (κ3) is 2.40. The van der Waals surface area contributed by atoms with Crippen LogP contribution in [0.4, 0.5) is 5.82 Å². The first-order valence-electron chi connectivity index (χ1n) is 6.87. The van der Waals surface area contributed by atoms with E-state index in [1.807, 2.05) is 18.2 Å². The van der Waals surface area contributed by atoms with E-state index < -0.39 is 0 Å². The molecular weight excluding hydrogens is 268 g/mol. The molecule has 0 bridgehead atoms. The van der Waals surface area contributed by atoms with Crippen LogP contribution in [0.1, 0.15) is 11.3 Å². The maximum atomic E-state index is 5.58. The molecule has 6 nitrogen and oxygen atoms in total. The van der Waals surface area contributed by atoms with Gasteiger partial charge in [0.2, 0.25) is 0 Å². The van der Waals surface area contributed by atoms with Gasteiger partial charge in [-0.2, -0.15) is 0 Å². The molecule has 0 saturated carbocycles. The molecule has 1 aromatic heterocycles. The lowest BCUT2D eigenvalue weighted by Crippen LogP contribution is -2.15. The number of ether oxygens (including phenoxy) is 2. The number of hydrogen-bond donors (Lipinski definition) is 1. The van der Waals surface area contributed by atoms with Crippen molar-refractivity contribution < 1.29 is 9.47 Å². The number of aliphatic imine (C=N–C) groups is 2. The molecule has 1 N–H and O–H groups in total. The van der Waals surface area contributed by atoms with Gasteiger partial charge in [0, 0.05) is 6.42 Å². The van der Waals surface area contributed by atoms with Gasteiger partial charge in [0.1, 0.15) is 13.2 Å². The van der Waals surface area contributed by atoms with E-state index >= 15 is 0 Å². The molecule has 106 valence electrons. The Balaban J connectivity index is 1.51. The van der Waals surface area contributed by atoms with E-state index in [0.29, 0.717) is 19.8 Å². The predicted molar refractivity (Wildman–Crippen MR) is 79.0 cm³/mol. The van der Waals surface area contributed by atoms with Crippen molar-refractivity contribution in [2.45, 2.75) is 13.0 Å². The zero-order chi connectivity index (χ0) is 14.1. The smallest absolute Gasteiger partial charge is 0.173 e. The highest BCUT2D eigenvalue weighted by Gasteiger charge is 2.13. The van der Waals surface area contributed by atoms with E-state index in [-0.39, 0.29) is 0 Å². The Bertz CT molecular complexity index is 733. The van der Waals surface area contributed by atoms with E-state index in [1.165, 1.54) is 0 Å². The maximum absolute atomic E-state index is 5.58. The van der Waals surface area contributed by atoms with Gasteiger partial charge in [-0.3, -0.25) is 4.99 Å². The zero-order valence-electron chi connectivity index (χ0n) is 11.4. The monoisotopic (exact) mass is 282 g/mol. The number of hydrogen-bond acceptors (Lipinski definition) is 5. The van der Waals surface area contributed by atoms with Crippen LogP contribution in [0.3, 0.4) is 0 Å². The molecule has 0 aliphatic carbocycles. The molecule has 2 aliphatic rings. The summed E-state index contributed by atoms with van der Waals surface area (Å²) in [6.45, 7) is 1.80. The molecule has 0 atom stereocenters. The highest BCUT2D eigenvalue weighted by atomic mass is 16.6. The van der Waals surface area contributed by atoms with Crippen LogP contribution in [-0.2, 0) is 13.0 Å². The molecule has 6 heteroatoms. The second-order valence-corrected chi connectivity index (χ2v) is 4.93. The molecule has 3 heterocycles. The second kappa shape index (κ2) is 5.05. The summed E-state index contributed by atoms with van der Waals surface area (Å²) < 4.78 is 11.1. The summed E-state index contributed by atoms with van der Waals surface area (Å²) in [5.41, 5.74) is 3.05. The van der Waals surface area contributed by atoms with Crippen molar-refractivity contribution in [2.24, 2.45) is 9.98 Å². The standard InChI is InChI=1S/C15H14N4O2/c1-2-13-14(21-4-3-20-13)5-10(1)7-16-11-6-12-15(17-8-11)19-9-18-12/h1-2,5,8-9H,3-4,6-7H2,(H,18,19). The Morgan fingerprint density at radius 1 is 1.19 bits per heavy atom. The van der Waals surface area contributed by atoms with E-state index in [0.717, 1.165) is 40.7 Å². The van der Waals surface area contributed by atoms with E-state index in [4.69, 9.17) is 9.47 Å². The average Bonchev–Trinajstić information content (AvgIpc) is 3.00. The van der Waals surface area contributed by atoms with Crippen LogP contribution in [0.5, 0.6) is 11.5 Å². The van der Waals surface area contributed by atoms with Crippen LogP contribution < -0.4 is 9.47 Å². The first kappa shape index (κ1) is 12.1. The number of rotatable bonds is 2. The molecule has 0 saturated heterocycles. The summed E-state index contributed by atoms with van der Waals surface area (Å²) in [7, 11) is 0. The number of aromatic nitrogens is 2. The lowest BCUT2D eigenvalue weighted by molar-refractivity contribution is 0.171. The van der Waals surface area contributed by atoms with Gasteiger partial charge in [0.15, 0.2) is 17.3 Å². The number of nitrogens with one attached hydrogen (secondary N) is 1. The first-order valence-corrected chi connectivity index (χ1v) is 6.87. The predicted octanol–water partition coefficient (Wildman–Crippen LogP) is 2.08. The number of aromatic amines is 1. The molecule has 0 radical (unpaired) electrons. The second-order valence-electron chi connectivity index (χ2n) is 4.93. The number of nitrogens with zero attached hydrogens (tertiary/aromatic N) is 3. The molecule has 4 rings (SSSR count). The molecule has 0 spiro atoms. The summed E-state index contributed by atoms with van der Waals surface area (Å²) in [5.74, 6) is 2.36. The van der Waals surface area contributed by atoms with Gasteiger partial charge in [0.25, 0.3) is 0 Å². The minimum atomic E-state index is 0.597. The Morgan fingerprint density at radius 2 is 2.10 bits per heavy atom. The zero-order valence-corrected chi connectivity index (χ0v) is 11.4. The minimum absolute atomic E-state index is 0.597. The highest BCUT2D eigenvalue weighted by Crippen LogP contribution is 2.31. The fraction of sp³-hybridized carbons (Fsp3) is 0.267. The van der Waals surface area contributed by atoms with Crippen molar-refractivity contribution >= 4 is 17.7 Å². The quantitative estimate of drug-likeness (QED) is 0.916. The molecule has 2 aliphatic heterocycles. The van der Waals surface area contributed by atoms with Crippen molar-refractivity contribution in [1.82, 2.24) is 9.97 Å². The van der Waals surface area contributed by atoms with Crippen LogP contribution in [0.25, 0.3) is 0 Å². The summed E-state index contributed by atoms with van der Waals surface area (Å²) in [4.78, 5) is 16.1. The fourth-order valence-corrected chi connectivity index (χ4v) is 2.39. The van der Waals surface area contributed by atoms with Crippen LogP contribution in [0.2, 0.25) is 0 Å². The topological polar surface area (TPSA) is 71.9 Å². The van der Waals surface area contributed by atoms with Gasteiger partial charge in [0.05, 0.1) is 30.5 Å². The van der Waals surface area contributed by atoms with Crippen LogP contribution in [0, 0.1) is 0 Å². The van der Waals surface area contributed by atoms with Crippen molar-refractivity contribution in [3.63, 3.8) is 0 Å². The average molecular weight is 282 g/mol. The molecule has 21 heavy (non-hydrogen) atoms. The third-order valence-corrected chi connectivity index (χ3v) is 3.46. The normalized spacial score (nSPS) is 17.8. The van der Waals surface area contributed by atoms with Crippen molar-refractivity contribution in [2.75, 3.05) is 13.2 Å². The Kier molecular flexibility index (Phi) is 2.92. The number of benzene rings is 1. The van der Waals surface area contributed by atoms with Gasteiger partial charge < -0.3 is 14.5 Å². The van der Waals surface area contributed by atoms with E-state index in [9.17, 15) is 0 Å². The van der Waals surface area contributed by atoms with E-state index in [2.05, 4.69) is 20.0 Å². The molecule has 0 amide bonds. The summed E-state index contributed by atoms with van der Waals surface area (Å²) >= 11 is 0. The SMILES string of the molecule is C1=Nc2nc[nH]c2CC1=NCc1ccc2c(c1)OCCO2. The maximum Gasteiger partial charge on any atom is 0.173 e. The van der Waals surface area contributed by atoms with Crippen LogP contribution in [-0.4, -0.2) is 35.1 Å². The van der Waals surface area contributed by atoms with Gasteiger partial charge >= 0.3 is 0 Å². The highest BCUT2D eigenvalue weighted by molar-refractivity contribution is 6.32. The van der Waals surface area contributed by atoms with Gasteiger partial charge in [-0.1, -0.05) is 6.07 Å². The number of fused-ring (bicyclic) bond motifs is 2. The van der Waals surface area contributed by atoms with Crippen molar-refractivity contribution in [3.8, 4) is 11.5 Å². The van der Waals surface area contributed by atoms with Gasteiger partial charge in [-0.05, 0) is 17.7 Å². The molecule has 2 aromatic rings. The van der Waals surface area contributed by atoms with Crippen molar-refractivity contribution in [1.29, 1.82) is 0 Å². The number of H-pyrrole nitrogens is 1. The Morgan fingerprint density at radius 3 is 3.05 bits per heavy atom. The minimum Gasteiger partial charge on any atom is -0.486 e. The lowest BCUT2D eigenvalue weighted by atomic mass is 10.1. The van der Waals surface area contributed by atoms with Crippen molar-refractivity contribution in [3.05, 3.63) is 35.8 Å². The van der Waals surface area contributed by atoms with Gasteiger partial charge in [-0.25, -0.2) is 9.98 Å². The number of imidazole rings is 1. The molecule has 1 aromatic carbocycles.